The van der Waals surface area contributed by atoms with Crippen LogP contribution in [0.5, 0.6) is 0 Å². The predicted molar refractivity (Wildman–Crippen MR) is 130 cm³/mol. The van der Waals surface area contributed by atoms with Crippen LogP contribution >= 0.6 is 11.3 Å². The molecule has 0 unspecified atom stereocenters. The van der Waals surface area contributed by atoms with Crippen LogP contribution in [0.15, 0.2) is 42.7 Å². The smallest absolute Gasteiger partial charge is 0.195 e. The molecule has 1 saturated heterocycles. The molecular formula is C25H29N5OS. The first-order chi connectivity index (χ1) is 15.7. The maximum absolute atomic E-state index is 12.7. The number of pyridine rings is 1. The van der Waals surface area contributed by atoms with Gasteiger partial charge in [0, 0.05) is 24.7 Å². The quantitative estimate of drug-likeness (QED) is 0.307. The number of benzene rings is 1. The average molecular weight is 448 g/mol. The molecular weight excluding hydrogens is 418 g/mol. The molecule has 0 bridgehead atoms. The van der Waals surface area contributed by atoms with Gasteiger partial charge in [-0.3, -0.25) is 14.2 Å². The molecule has 4 heterocycles. The lowest BCUT2D eigenvalue weighted by molar-refractivity contribution is 0.0972. The van der Waals surface area contributed by atoms with Gasteiger partial charge in [-0.15, -0.1) is 0 Å². The number of fused-ring (bicyclic) bond motifs is 3. The van der Waals surface area contributed by atoms with E-state index >= 15 is 0 Å². The van der Waals surface area contributed by atoms with E-state index < -0.39 is 0 Å². The summed E-state index contributed by atoms with van der Waals surface area (Å²) in [7, 11) is 0. The molecule has 1 fully saturated rings. The number of aromatic nitrogens is 3. The van der Waals surface area contributed by atoms with Gasteiger partial charge in [0.05, 0.1) is 22.1 Å². The Balaban J connectivity index is 1.25. The first kappa shape index (κ1) is 21.2. The Labute approximate surface area is 192 Å². The van der Waals surface area contributed by atoms with Crippen LogP contribution in [0.4, 0.5) is 0 Å². The minimum atomic E-state index is 0.136. The van der Waals surface area contributed by atoms with Crippen LogP contribution < -0.4 is 5.73 Å². The Kier molecular flexibility index (Phi) is 6.30. The highest BCUT2D eigenvalue weighted by molar-refractivity contribution is 7.23. The van der Waals surface area contributed by atoms with E-state index in [1.165, 1.54) is 32.4 Å². The van der Waals surface area contributed by atoms with E-state index in [2.05, 4.69) is 26.4 Å². The highest BCUT2D eigenvalue weighted by atomic mass is 32.1. The number of ketones is 1. The number of nitrogens with two attached hydrogens (primary N) is 1. The van der Waals surface area contributed by atoms with Gasteiger partial charge in [0.25, 0.3) is 0 Å². The molecule has 32 heavy (non-hydrogen) atoms. The Morgan fingerprint density at radius 1 is 1.09 bits per heavy atom. The van der Waals surface area contributed by atoms with Crippen molar-refractivity contribution in [2.24, 2.45) is 5.73 Å². The summed E-state index contributed by atoms with van der Waals surface area (Å²) in [4.78, 5) is 25.4. The Hall–Kier alpha value is -2.61. The minimum absolute atomic E-state index is 0.136. The third-order valence-corrected chi connectivity index (χ3v) is 7.35. The third-order valence-electron chi connectivity index (χ3n) is 6.33. The van der Waals surface area contributed by atoms with Crippen LogP contribution in [0, 0.1) is 0 Å². The highest BCUT2D eigenvalue weighted by Crippen LogP contribution is 2.30. The van der Waals surface area contributed by atoms with E-state index in [1.54, 1.807) is 11.3 Å². The number of rotatable bonds is 8. The van der Waals surface area contributed by atoms with E-state index in [4.69, 9.17) is 10.7 Å². The lowest BCUT2D eigenvalue weighted by atomic mass is 10.1. The number of carbonyl (C=O) groups excluding carboxylic acids is 1. The number of Topliss-reactive ketones (excluding diaryl/α,β-unsaturated/α-hetero) is 1. The van der Waals surface area contributed by atoms with Crippen LogP contribution in [0.3, 0.4) is 0 Å². The topological polar surface area (TPSA) is 76.5 Å². The molecule has 0 amide bonds. The van der Waals surface area contributed by atoms with Crippen LogP contribution in [-0.2, 0) is 6.54 Å². The van der Waals surface area contributed by atoms with Crippen LogP contribution in [-0.4, -0.2) is 44.7 Å². The van der Waals surface area contributed by atoms with Crippen LogP contribution in [0.2, 0.25) is 0 Å². The van der Waals surface area contributed by atoms with Gasteiger partial charge in [-0.05, 0) is 56.9 Å². The first-order valence-electron chi connectivity index (χ1n) is 11.5. The summed E-state index contributed by atoms with van der Waals surface area (Å²) in [5.74, 6) is 0.136. The van der Waals surface area contributed by atoms with Gasteiger partial charge in [-0.25, -0.2) is 4.98 Å². The summed E-state index contributed by atoms with van der Waals surface area (Å²) >= 11 is 1.60. The summed E-state index contributed by atoms with van der Waals surface area (Å²) < 4.78 is 3.11. The summed E-state index contributed by atoms with van der Waals surface area (Å²) in [6.07, 6.45) is 10.4. The maximum atomic E-state index is 12.7. The van der Waals surface area contributed by atoms with E-state index in [-0.39, 0.29) is 5.78 Å². The Morgan fingerprint density at radius 3 is 2.69 bits per heavy atom. The minimum Gasteiger partial charge on any atom is -0.326 e. The largest absolute Gasteiger partial charge is 0.326 e. The van der Waals surface area contributed by atoms with Crippen LogP contribution in [0.25, 0.3) is 26.4 Å². The van der Waals surface area contributed by atoms with Gasteiger partial charge in [-0.1, -0.05) is 42.0 Å². The first-order valence-corrected chi connectivity index (χ1v) is 12.4. The molecule has 1 aliphatic heterocycles. The second kappa shape index (κ2) is 9.48. The second-order valence-electron chi connectivity index (χ2n) is 8.60. The monoisotopic (exact) mass is 447 g/mol. The highest BCUT2D eigenvalue weighted by Gasteiger charge is 2.15. The molecule has 2 N–H and O–H groups in total. The molecule has 6 nitrogen and oxygen atoms in total. The van der Waals surface area contributed by atoms with E-state index in [0.29, 0.717) is 18.7 Å². The molecule has 3 aromatic heterocycles. The average Bonchev–Trinajstić information content (AvgIpc) is 3.40. The molecule has 0 aliphatic carbocycles. The van der Waals surface area contributed by atoms with Gasteiger partial charge in [0.15, 0.2) is 10.7 Å². The number of unbranched alkanes of at least 4 members (excludes halogenated alkanes) is 1. The number of likely N-dealkylation sites (tertiary alicyclic amines) is 1. The second-order valence-corrected chi connectivity index (χ2v) is 9.61. The standard InChI is InChI=1S/C25H29N5OS/c26-15-18-7-9-19(10-8-18)21-17-30-22-16-27-20(14-24(22)32-25(30)28-21)23(31)6-2-5-13-29-11-3-1-4-12-29/h7-10,14,16-17H,1-6,11-13,15,26H2. The molecule has 0 atom stereocenters. The molecule has 5 rings (SSSR count). The molecule has 1 aromatic carbocycles. The molecule has 4 aromatic rings. The zero-order valence-corrected chi connectivity index (χ0v) is 19.1. The van der Waals surface area contributed by atoms with Crippen molar-refractivity contribution < 1.29 is 4.79 Å². The van der Waals surface area contributed by atoms with Crippen molar-refractivity contribution in [1.29, 1.82) is 0 Å². The van der Waals surface area contributed by atoms with E-state index in [1.807, 2.05) is 30.6 Å². The molecule has 0 saturated carbocycles. The fourth-order valence-electron chi connectivity index (χ4n) is 4.43. The van der Waals surface area contributed by atoms with Gasteiger partial charge in [-0.2, -0.15) is 0 Å². The van der Waals surface area contributed by atoms with Gasteiger partial charge < -0.3 is 10.6 Å². The summed E-state index contributed by atoms with van der Waals surface area (Å²) in [6.45, 7) is 4.08. The van der Waals surface area contributed by atoms with Crippen molar-refractivity contribution in [3.8, 4) is 11.3 Å². The predicted octanol–water partition coefficient (Wildman–Crippen LogP) is 4.91. The van der Waals surface area contributed by atoms with Crippen molar-refractivity contribution in [3.63, 3.8) is 0 Å². The van der Waals surface area contributed by atoms with Crippen molar-refractivity contribution in [2.45, 2.75) is 45.1 Å². The molecule has 166 valence electrons. The lowest BCUT2D eigenvalue weighted by Gasteiger charge is -2.26. The van der Waals surface area contributed by atoms with E-state index in [9.17, 15) is 4.79 Å². The molecule has 0 radical (unpaired) electrons. The van der Waals surface area contributed by atoms with Crippen molar-refractivity contribution in [3.05, 3.63) is 54.0 Å². The lowest BCUT2D eigenvalue weighted by Crippen LogP contribution is -2.30. The number of hydrogen-bond acceptors (Lipinski definition) is 6. The van der Waals surface area contributed by atoms with Crippen molar-refractivity contribution >= 4 is 32.3 Å². The fourth-order valence-corrected chi connectivity index (χ4v) is 5.45. The normalized spacial score (nSPS) is 15.0. The van der Waals surface area contributed by atoms with Crippen molar-refractivity contribution in [2.75, 3.05) is 19.6 Å². The van der Waals surface area contributed by atoms with E-state index in [0.717, 1.165) is 51.4 Å². The Bertz CT molecular complexity index is 1220. The SMILES string of the molecule is NCc1ccc(-c2cn3c(n2)sc2cc(C(=O)CCCCN4CCCCC4)ncc23)cc1. The summed E-state index contributed by atoms with van der Waals surface area (Å²) in [6, 6.07) is 10.1. The zero-order valence-electron chi connectivity index (χ0n) is 18.3. The zero-order chi connectivity index (χ0) is 21.9. The number of nitrogens with zero attached hydrogens (tertiary/aromatic N) is 4. The van der Waals surface area contributed by atoms with Crippen LogP contribution in [0.1, 0.15) is 54.6 Å². The molecule has 0 spiro atoms. The van der Waals surface area contributed by atoms with Gasteiger partial charge >= 0.3 is 0 Å². The summed E-state index contributed by atoms with van der Waals surface area (Å²) in [5, 5.41) is 0. The number of piperidine rings is 1. The third kappa shape index (κ3) is 4.46. The summed E-state index contributed by atoms with van der Waals surface area (Å²) in [5.41, 5.74) is 10.3. The number of carbonyl (C=O) groups is 1. The maximum Gasteiger partial charge on any atom is 0.195 e. The van der Waals surface area contributed by atoms with Gasteiger partial charge in [0.1, 0.15) is 5.69 Å². The van der Waals surface area contributed by atoms with Crippen molar-refractivity contribution in [1.82, 2.24) is 19.3 Å². The Morgan fingerprint density at radius 2 is 1.91 bits per heavy atom. The number of thiazole rings is 1. The fraction of sp³-hybridized carbons (Fsp3) is 0.400. The number of imidazole rings is 1. The van der Waals surface area contributed by atoms with Gasteiger partial charge in [0.2, 0.25) is 0 Å². The number of hydrogen-bond donors (Lipinski definition) is 1. The molecule has 1 aliphatic rings. The molecule has 7 heteroatoms.